The predicted octanol–water partition coefficient (Wildman–Crippen LogP) is 7.58. The van der Waals surface area contributed by atoms with Crippen LogP contribution in [0.3, 0.4) is 0 Å². The molecule has 138 valence electrons. The molecule has 0 rings (SSSR count). The van der Waals surface area contributed by atoms with E-state index in [1.54, 1.807) is 0 Å². The number of rotatable bonds is 19. The SMILES string of the molecule is CCCCCCCCCCCC=CCCCCCCCCCO. The molecular formula is C22H44O. The van der Waals surface area contributed by atoms with Crippen molar-refractivity contribution in [3.63, 3.8) is 0 Å². The largest absolute Gasteiger partial charge is 0.396 e. The van der Waals surface area contributed by atoms with Crippen LogP contribution in [0.1, 0.15) is 122 Å². The molecule has 0 bridgehead atoms. The highest BCUT2D eigenvalue weighted by Gasteiger charge is 1.92. The molecule has 0 amide bonds. The Morgan fingerprint density at radius 3 is 1.22 bits per heavy atom. The van der Waals surface area contributed by atoms with Crippen LogP contribution in [0.25, 0.3) is 0 Å². The van der Waals surface area contributed by atoms with Crippen LogP contribution in [0.15, 0.2) is 12.2 Å². The Morgan fingerprint density at radius 1 is 0.478 bits per heavy atom. The molecule has 0 radical (unpaired) electrons. The second kappa shape index (κ2) is 21.7. The molecule has 0 fully saturated rings. The summed E-state index contributed by atoms with van der Waals surface area (Å²) in [6, 6.07) is 0. The highest BCUT2D eigenvalue weighted by Crippen LogP contribution is 2.11. The number of hydrogen-bond acceptors (Lipinski definition) is 1. The Kier molecular flexibility index (Phi) is 21.4. The van der Waals surface area contributed by atoms with Crippen molar-refractivity contribution in [3.05, 3.63) is 12.2 Å². The van der Waals surface area contributed by atoms with Crippen LogP contribution >= 0.6 is 0 Å². The summed E-state index contributed by atoms with van der Waals surface area (Å²) in [6.45, 7) is 2.65. The molecular weight excluding hydrogens is 280 g/mol. The number of unbranched alkanes of at least 4 members (excludes halogenated alkanes) is 16. The van der Waals surface area contributed by atoms with Crippen molar-refractivity contribution < 1.29 is 5.11 Å². The first-order chi connectivity index (χ1) is 11.4. The molecule has 0 saturated carbocycles. The van der Waals surface area contributed by atoms with Crippen LogP contribution in [0.2, 0.25) is 0 Å². The van der Waals surface area contributed by atoms with Gasteiger partial charge in [0.2, 0.25) is 0 Å². The zero-order chi connectivity index (χ0) is 16.8. The molecule has 0 aromatic carbocycles. The third-order valence-corrected chi connectivity index (χ3v) is 4.67. The molecule has 0 unspecified atom stereocenters. The lowest BCUT2D eigenvalue weighted by molar-refractivity contribution is 0.282. The number of allylic oxidation sites excluding steroid dienone is 2. The monoisotopic (exact) mass is 324 g/mol. The van der Waals surface area contributed by atoms with Crippen LogP contribution in [0.4, 0.5) is 0 Å². The first-order valence-electron chi connectivity index (χ1n) is 10.7. The molecule has 0 aromatic heterocycles. The van der Waals surface area contributed by atoms with Crippen LogP contribution in [0, 0.1) is 0 Å². The number of aliphatic hydroxyl groups is 1. The van der Waals surface area contributed by atoms with E-state index in [4.69, 9.17) is 5.11 Å². The van der Waals surface area contributed by atoms with Crippen LogP contribution < -0.4 is 0 Å². The average Bonchev–Trinajstić information content (AvgIpc) is 2.57. The van der Waals surface area contributed by atoms with Gasteiger partial charge in [0.15, 0.2) is 0 Å². The first-order valence-corrected chi connectivity index (χ1v) is 10.7. The standard InChI is InChI=1S/C22H44O/c1-2-3-4-5-6-7-8-9-10-11-12-13-14-15-16-17-18-19-20-21-22-23/h12-13,23H,2-11,14-22H2,1H3. The third-order valence-electron chi connectivity index (χ3n) is 4.67. The van der Waals surface area contributed by atoms with Crippen molar-refractivity contribution in [2.24, 2.45) is 0 Å². The van der Waals surface area contributed by atoms with Crippen LogP contribution in [0.5, 0.6) is 0 Å². The van der Waals surface area contributed by atoms with E-state index < -0.39 is 0 Å². The molecule has 0 heterocycles. The quantitative estimate of drug-likeness (QED) is 0.192. The second-order valence-corrected chi connectivity index (χ2v) is 7.08. The van der Waals surface area contributed by atoms with Gasteiger partial charge < -0.3 is 5.11 Å². The normalized spacial score (nSPS) is 11.6. The summed E-state index contributed by atoms with van der Waals surface area (Å²) in [6.07, 6.45) is 29.1. The van der Waals surface area contributed by atoms with Gasteiger partial charge in [0, 0.05) is 6.61 Å². The molecule has 0 aromatic rings. The van der Waals surface area contributed by atoms with Gasteiger partial charge in [-0.2, -0.15) is 0 Å². The van der Waals surface area contributed by atoms with Crippen molar-refractivity contribution in [3.8, 4) is 0 Å². The van der Waals surface area contributed by atoms with Crippen molar-refractivity contribution >= 4 is 0 Å². The second-order valence-electron chi connectivity index (χ2n) is 7.08. The van der Waals surface area contributed by atoms with Crippen molar-refractivity contribution in [2.75, 3.05) is 6.61 Å². The fourth-order valence-electron chi connectivity index (χ4n) is 3.07. The van der Waals surface area contributed by atoms with Gasteiger partial charge in [0.05, 0.1) is 0 Å². The van der Waals surface area contributed by atoms with Gasteiger partial charge in [-0.1, -0.05) is 103 Å². The average molecular weight is 325 g/mol. The fourth-order valence-corrected chi connectivity index (χ4v) is 3.07. The third kappa shape index (κ3) is 21.7. The molecule has 0 saturated heterocycles. The van der Waals surface area contributed by atoms with Crippen molar-refractivity contribution in [1.29, 1.82) is 0 Å². The van der Waals surface area contributed by atoms with Crippen molar-refractivity contribution in [2.45, 2.75) is 122 Å². The van der Waals surface area contributed by atoms with E-state index in [1.165, 1.54) is 109 Å². The highest BCUT2D eigenvalue weighted by molar-refractivity contribution is 4.81. The number of aliphatic hydroxyl groups excluding tert-OH is 1. The van der Waals surface area contributed by atoms with E-state index in [-0.39, 0.29) is 0 Å². The molecule has 1 nitrogen and oxygen atoms in total. The van der Waals surface area contributed by atoms with Crippen LogP contribution in [-0.2, 0) is 0 Å². The van der Waals surface area contributed by atoms with E-state index in [9.17, 15) is 0 Å². The Hall–Kier alpha value is -0.300. The lowest BCUT2D eigenvalue weighted by atomic mass is 10.1. The summed E-state index contributed by atoms with van der Waals surface area (Å²) in [5.74, 6) is 0. The summed E-state index contributed by atoms with van der Waals surface area (Å²) in [4.78, 5) is 0. The van der Waals surface area contributed by atoms with Gasteiger partial charge in [0.1, 0.15) is 0 Å². The Morgan fingerprint density at radius 2 is 0.826 bits per heavy atom. The molecule has 0 spiro atoms. The molecule has 0 aliphatic rings. The van der Waals surface area contributed by atoms with Gasteiger partial charge in [-0.25, -0.2) is 0 Å². The smallest absolute Gasteiger partial charge is 0.0431 e. The fraction of sp³-hybridized carbons (Fsp3) is 0.909. The van der Waals surface area contributed by atoms with E-state index in [2.05, 4.69) is 19.1 Å². The molecule has 1 N–H and O–H groups in total. The zero-order valence-electron chi connectivity index (χ0n) is 16.0. The topological polar surface area (TPSA) is 20.2 Å². The molecule has 23 heavy (non-hydrogen) atoms. The molecule has 0 aliphatic heterocycles. The lowest BCUT2D eigenvalue weighted by Crippen LogP contribution is -1.84. The molecule has 0 atom stereocenters. The minimum atomic E-state index is 0.365. The first kappa shape index (κ1) is 22.7. The van der Waals surface area contributed by atoms with Gasteiger partial charge in [-0.15, -0.1) is 0 Å². The van der Waals surface area contributed by atoms with Crippen molar-refractivity contribution in [1.82, 2.24) is 0 Å². The van der Waals surface area contributed by atoms with E-state index in [0.29, 0.717) is 6.61 Å². The zero-order valence-corrected chi connectivity index (χ0v) is 16.0. The summed E-state index contributed by atoms with van der Waals surface area (Å²) in [7, 11) is 0. The molecule has 0 aliphatic carbocycles. The van der Waals surface area contributed by atoms with E-state index >= 15 is 0 Å². The highest BCUT2D eigenvalue weighted by atomic mass is 16.2. The van der Waals surface area contributed by atoms with E-state index in [0.717, 1.165) is 6.42 Å². The van der Waals surface area contributed by atoms with Crippen LogP contribution in [-0.4, -0.2) is 11.7 Å². The lowest BCUT2D eigenvalue weighted by Gasteiger charge is -2.01. The van der Waals surface area contributed by atoms with E-state index in [1.807, 2.05) is 0 Å². The summed E-state index contributed by atoms with van der Waals surface area (Å²) >= 11 is 0. The Labute approximate surface area is 147 Å². The maximum Gasteiger partial charge on any atom is 0.0431 e. The Balaban J connectivity index is 3.03. The maximum atomic E-state index is 8.70. The van der Waals surface area contributed by atoms with Gasteiger partial charge in [0.25, 0.3) is 0 Å². The Bertz CT molecular complexity index is 222. The summed E-state index contributed by atoms with van der Waals surface area (Å²) in [5.41, 5.74) is 0. The predicted molar refractivity (Wildman–Crippen MR) is 105 cm³/mol. The summed E-state index contributed by atoms with van der Waals surface area (Å²) in [5, 5.41) is 8.70. The summed E-state index contributed by atoms with van der Waals surface area (Å²) < 4.78 is 0. The van der Waals surface area contributed by atoms with Gasteiger partial charge in [-0.3, -0.25) is 0 Å². The van der Waals surface area contributed by atoms with Gasteiger partial charge >= 0.3 is 0 Å². The molecule has 1 heteroatoms. The number of hydrogen-bond donors (Lipinski definition) is 1. The van der Waals surface area contributed by atoms with Gasteiger partial charge in [-0.05, 0) is 32.1 Å². The maximum absolute atomic E-state index is 8.70. The minimum absolute atomic E-state index is 0.365. The minimum Gasteiger partial charge on any atom is -0.396 e.